The van der Waals surface area contributed by atoms with Gasteiger partial charge in [-0.15, -0.1) is 0 Å². The number of carbonyl (C=O) groups excluding carboxylic acids is 2. The molecule has 0 fully saturated rings. The molecule has 40 heavy (non-hydrogen) atoms. The maximum atomic E-state index is 14.5. The molecule has 0 unspecified atom stereocenters. The Bertz CT molecular complexity index is 1400. The molecule has 14 heteroatoms. The molecule has 0 aliphatic heterocycles. The number of carboxylic acid groups (broad SMARTS) is 1. The van der Waals surface area contributed by atoms with Crippen LogP contribution >= 0.6 is 0 Å². The van der Waals surface area contributed by atoms with Gasteiger partial charge in [-0.2, -0.15) is 0 Å². The first kappa shape index (κ1) is 30.2. The van der Waals surface area contributed by atoms with E-state index in [0.717, 1.165) is 19.5 Å². The molecular weight excluding hydrogens is 543 g/mol. The number of rotatable bonds is 11. The average Bonchev–Trinajstić information content (AvgIpc) is 3.35. The van der Waals surface area contributed by atoms with E-state index in [1.54, 1.807) is 0 Å². The molecule has 0 saturated heterocycles. The van der Waals surface area contributed by atoms with Gasteiger partial charge >= 0.3 is 5.97 Å². The molecular formula is C26H25F5N4O5. The summed E-state index contributed by atoms with van der Waals surface area (Å²) < 4.78 is 71.8. The number of aromatic carboxylic acids is 1. The summed E-state index contributed by atoms with van der Waals surface area (Å²) in [5, 5.41) is 18.2. The first-order chi connectivity index (χ1) is 18.9. The van der Waals surface area contributed by atoms with Crippen molar-refractivity contribution >= 4 is 17.8 Å². The number of benzene rings is 2. The molecule has 0 saturated carbocycles. The zero-order valence-corrected chi connectivity index (χ0v) is 21.4. The van der Waals surface area contributed by atoms with E-state index in [4.69, 9.17) is 10.3 Å². The number of carboxylic acids is 1. The predicted octanol–water partition coefficient (Wildman–Crippen LogP) is 4.20. The molecule has 0 aliphatic rings. The Morgan fingerprint density at radius 3 is 2.10 bits per heavy atom. The fourth-order valence-corrected chi connectivity index (χ4v) is 3.96. The van der Waals surface area contributed by atoms with Crippen molar-refractivity contribution in [3.05, 3.63) is 87.8 Å². The summed E-state index contributed by atoms with van der Waals surface area (Å²) >= 11 is 0. The Morgan fingerprint density at radius 2 is 1.57 bits per heavy atom. The van der Waals surface area contributed by atoms with E-state index in [1.165, 1.54) is 34.3 Å². The summed E-state index contributed by atoms with van der Waals surface area (Å²) in [6.07, 6.45) is 2.99. The highest BCUT2D eigenvalue weighted by Crippen LogP contribution is 2.26. The van der Waals surface area contributed by atoms with E-state index < -0.39 is 65.0 Å². The van der Waals surface area contributed by atoms with Crippen LogP contribution in [0.25, 0.3) is 0 Å². The third-order valence-electron chi connectivity index (χ3n) is 6.30. The molecule has 3 N–H and O–H groups in total. The Kier molecular flexibility index (Phi) is 9.58. The lowest BCUT2D eigenvalue weighted by molar-refractivity contribution is -0.133. The molecule has 0 bridgehead atoms. The molecule has 0 spiro atoms. The lowest BCUT2D eigenvalue weighted by Crippen LogP contribution is -2.47. The molecule has 1 atom stereocenters. The molecule has 9 nitrogen and oxygen atoms in total. The quantitative estimate of drug-likeness (QED) is 0.105. The van der Waals surface area contributed by atoms with Crippen LogP contribution in [0.2, 0.25) is 0 Å². The van der Waals surface area contributed by atoms with Gasteiger partial charge in [0, 0.05) is 18.5 Å². The first-order valence-electron chi connectivity index (χ1n) is 12.0. The lowest BCUT2D eigenvalue weighted by atomic mass is 10.1. The van der Waals surface area contributed by atoms with E-state index in [0.29, 0.717) is 29.1 Å². The van der Waals surface area contributed by atoms with E-state index >= 15 is 0 Å². The van der Waals surface area contributed by atoms with Crippen molar-refractivity contribution in [2.75, 3.05) is 0 Å². The van der Waals surface area contributed by atoms with E-state index in [1.807, 2.05) is 6.92 Å². The van der Waals surface area contributed by atoms with Crippen molar-refractivity contribution in [3.63, 3.8) is 0 Å². The number of halogens is 5. The fourth-order valence-electron chi connectivity index (χ4n) is 3.96. The van der Waals surface area contributed by atoms with Crippen LogP contribution in [0.15, 0.2) is 30.5 Å². The van der Waals surface area contributed by atoms with Crippen LogP contribution in [-0.4, -0.2) is 48.6 Å². The number of nitrogens with zero attached hydrogens (tertiary/aromatic N) is 3. The summed E-state index contributed by atoms with van der Waals surface area (Å²) in [5.41, 5.74) is 0.339. The summed E-state index contributed by atoms with van der Waals surface area (Å²) in [5.74, 6) is -14.2. The van der Waals surface area contributed by atoms with Gasteiger partial charge in [0.25, 0.3) is 11.8 Å². The number of unbranched alkanes of at least 4 members (excludes halogenated alkanes) is 1. The summed E-state index contributed by atoms with van der Waals surface area (Å²) in [7, 11) is 0. The zero-order chi connectivity index (χ0) is 29.7. The second-order valence-electron chi connectivity index (χ2n) is 8.88. The van der Waals surface area contributed by atoms with Crippen molar-refractivity contribution < 1.29 is 46.6 Å². The topological polar surface area (TPSA) is 125 Å². The molecule has 214 valence electrons. The third-order valence-corrected chi connectivity index (χ3v) is 6.30. The number of aromatic nitrogens is 2. The number of carbonyl (C=O) groups is 3. The minimum atomic E-state index is -2.38. The van der Waals surface area contributed by atoms with Crippen molar-refractivity contribution in [1.29, 1.82) is 0 Å². The number of amides is 2. The highest BCUT2D eigenvalue weighted by atomic mass is 19.2. The molecule has 3 aromatic rings. The van der Waals surface area contributed by atoms with Crippen LogP contribution < -0.4 is 5.48 Å². The highest BCUT2D eigenvalue weighted by Gasteiger charge is 2.34. The van der Waals surface area contributed by atoms with Gasteiger partial charge in [-0.05, 0) is 31.0 Å². The van der Waals surface area contributed by atoms with Crippen LogP contribution in [0.4, 0.5) is 22.0 Å². The third kappa shape index (κ3) is 6.11. The van der Waals surface area contributed by atoms with Crippen molar-refractivity contribution in [1.82, 2.24) is 19.9 Å². The smallest absolute Gasteiger partial charge is 0.335 e. The Labute approximate surface area is 224 Å². The van der Waals surface area contributed by atoms with Gasteiger partial charge in [0.2, 0.25) is 5.82 Å². The van der Waals surface area contributed by atoms with Gasteiger partial charge in [0.15, 0.2) is 23.3 Å². The monoisotopic (exact) mass is 568 g/mol. The SMILES string of the molecule is CCCCc1ncc(C(=O)N(Cc2c(F)c(F)c(F)c(F)c2F)[C@H](C)C(=O)NO)n1Cc1ccc(C(=O)O)cc1. The lowest BCUT2D eigenvalue weighted by Gasteiger charge is -2.28. The second kappa shape index (κ2) is 12.7. The largest absolute Gasteiger partial charge is 0.478 e. The Balaban J connectivity index is 2.10. The van der Waals surface area contributed by atoms with Gasteiger partial charge in [-0.1, -0.05) is 25.5 Å². The molecule has 2 aromatic carbocycles. The molecule has 0 aliphatic carbocycles. The van der Waals surface area contributed by atoms with E-state index in [9.17, 15) is 36.3 Å². The van der Waals surface area contributed by atoms with Gasteiger partial charge in [0.05, 0.1) is 18.3 Å². The molecule has 2 amide bonds. The number of nitrogens with one attached hydrogen (secondary N) is 1. The van der Waals surface area contributed by atoms with Crippen molar-refractivity contribution in [3.8, 4) is 0 Å². The maximum absolute atomic E-state index is 14.5. The van der Waals surface area contributed by atoms with Crippen LogP contribution in [0.5, 0.6) is 0 Å². The average molecular weight is 568 g/mol. The number of aryl methyl sites for hydroxylation is 1. The fraction of sp³-hybridized carbons (Fsp3) is 0.308. The van der Waals surface area contributed by atoms with Crippen LogP contribution in [0, 0.1) is 29.1 Å². The van der Waals surface area contributed by atoms with E-state index in [-0.39, 0.29) is 17.8 Å². The summed E-state index contributed by atoms with van der Waals surface area (Å²) in [4.78, 5) is 41.9. The van der Waals surface area contributed by atoms with Gasteiger partial charge in [-0.25, -0.2) is 37.2 Å². The molecule has 0 radical (unpaired) electrons. The number of hydrogen-bond acceptors (Lipinski definition) is 5. The minimum absolute atomic E-state index is 0.00301. The number of imidazole rings is 1. The second-order valence-corrected chi connectivity index (χ2v) is 8.88. The zero-order valence-electron chi connectivity index (χ0n) is 21.4. The maximum Gasteiger partial charge on any atom is 0.335 e. The molecule has 1 heterocycles. The van der Waals surface area contributed by atoms with Gasteiger partial charge < -0.3 is 14.6 Å². The van der Waals surface area contributed by atoms with Crippen molar-refractivity contribution in [2.45, 2.75) is 52.2 Å². The first-order valence-corrected chi connectivity index (χ1v) is 12.0. The Morgan fingerprint density at radius 1 is 1.00 bits per heavy atom. The van der Waals surface area contributed by atoms with Gasteiger partial charge in [-0.3, -0.25) is 14.8 Å². The Hall–Kier alpha value is -4.33. The number of hydrogen-bond donors (Lipinski definition) is 3. The highest BCUT2D eigenvalue weighted by molar-refractivity contribution is 5.96. The van der Waals surface area contributed by atoms with Crippen LogP contribution in [0.1, 0.15) is 64.5 Å². The van der Waals surface area contributed by atoms with Crippen LogP contribution in [-0.2, 0) is 24.3 Å². The summed E-state index contributed by atoms with van der Waals surface area (Å²) in [6.45, 7) is 1.78. The molecule has 3 rings (SSSR count). The normalized spacial score (nSPS) is 11.8. The summed E-state index contributed by atoms with van der Waals surface area (Å²) in [6, 6.07) is 4.09. The standard InChI is InChI=1S/C26H25F5N4O5/c1-3-4-5-18-32-10-17(35(18)11-14-6-8-15(9-7-14)26(38)39)25(37)34(13(2)24(36)33-40)12-16-19(27)21(29)23(31)22(30)20(16)28/h6-10,13,40H,3-5,11-12H2,1-2H3,(H,33,36)(H,38,39)/t13-/m1/s1. The van der Waals surface area contributed by atoms with Crippen LogP contribution in [0.3, 0.4) is 0 Å². The van der Waals surface area contributed by atoms with Crippen molar-refractivity contribution in [2.24, 2.45) is 0 Å². The van der Waals surface area contributed by atoms with Gasteiger partial charge in [0.1, 0.15) is 17.6 Å². The van der Waals surface area contributed by atoms with E-state index in [2.05, 4.69) is 4.98 Å². The minimum Gasteiger partial charge on any atom is -0.478 e. The molecule has 1 aromatic heterocycles. The number of hydroxylamine groups is 1. The predicted molar refractivity (Wildman–Crippen MR) is 129 cm³/mol.